The fourth-order valence-corrected chi connectivity index (χ4v) is 3.66. The van der Waals surface area contributed by atoms with Gasteiger partial charge in [0.25, 0.3) is 0 Å². The number of benzene rings is 1. The number of thioether (sulfide) groups is 1. The van der Waals surface area contributed by atoms with E-state index in [2.05, 4.69) is 33.4 Å². The van der Waals surface area contributed by atoms with E-state index in [1.54, 1.807) is 13.0 Å². The van der Waals surface area contributed by atoms with Gasteiger partial charge in [0.1, 0.15) is 0 Å². The van der Waals surface area contributed by atoms with Crippen molar-refractivity contribution in [2.45, 2.75) is 38.9 Å². The molecule has 2 aliphatic heterocycles. The number of hydrogen-bond donors (Lipinski definition) is 4. The number of nitrogens with zero attached hydrogens (tertiary/aromatic N) is 1. The van der Waals surface area contributed by atoms with Crippen molar-refractivity contribution in [3.8, 4) is 0 Å². The van der Waals surface area contributed by atoms with E-state index >= 15 is 0 Å². The van der Waals surface area contributed by atoms with E-state index in [0.29, 0.717) is 23.4 Å². The van der Waals surface area contributed by atoms with E-state index in [1.807, 2.05) is 24.3 Å². The van der Waals surface area contributed by atoms with Crippen LogP contribution in [0.15, 0.2) is 41.0 Å². The topological polar surface area (TPSA) is 104 Å². The smallest absolute Gasteiger partial charge is 0.311 e. The maximum absolute atomic E-state index is 12.3. The number of aliphatic imine (C=N–C) groups is 1. The first-order chi connectivity index (χ1) is 13.5. The maximum atomic E-state index is 12.3. The van der Waals surface area contributed by atoms with Crippen LogP contribution in [0.25, 0.3) is 0 Å². The van der Waals surface area contributed by atoms with Crippen molar-refractivity contribution in [3.63, 3.8) is 0 Å². The Balaban J connectivity index is 1.66. The van der Waals surface area contributed by atoms with Gasteiger partial charge in [-0.15, -0.1) is 0 Å². The second-order valence-corrected chi connectivity index (χ2v) is 7.57. The average molecular weight is 404 g/mol. The van der Waals surface area contributed by atoms with E-state index in [4.69, 9.17) is 4.74 Å². The molecule has 0 saturated carbocycles. The first kappa shape index (κ1) is 20.4. The third-order valence-electron chi connectivity index (χ3n) is 4.15. The molecule has 1 saturated heterocycles. The molecule has 0 aromatic heterocycles. The fourth-order valence-electron chi connectivity index (χ4n) is 2.91. The lowest BCUT2D eigenvalue weighted by molar-refractivity contribution is -0.142. The monoisotopic (exact) mass is 403 g/mol. The highest BCUT2D eigenvalue weighted by atomic mass is 32.2. The summed E-state index contributed by atoms with van der Waals surface area (Å²) in [5.74, 6) is -0.153. The summed E-state index contributed by atoms with van der Waals surface area (Å²) >= 11 is 1.33. The molecule has 0 aliphatic carbocycles. The Morgan fingerprint density at radius 3 is 2.89 bits per heavy atom. The van der Waals surface area contributed by atoms with Crippen molar-refractivity contribution >= 4 is 40.1 Å². The van der Waals surface area contributed by atoms with Crippen LogP contribution in [0, 0.1) is 0 Å². The second kappa shape index (κ2) is 9.72. The van der Waals surface area contributed by atoms with E-state index < -0.39 is 0 Å². The highest BCUT2D eigenvalue weighted by Gasteiger charge is 2.22. The van der Waals surface area contributed by atoms with Crippen LogP contribution < -0.4 is 21.5 Å². The van der Waals surface area contributed by atoms with Gasteiger partial charge in [-0.3, -0.25) is 15.0 Å². The lowest BCUT2D eigenvalue weighted by Crippen LogP contribution is -2.45. The van der Waals surface area contributed by atoms with Crippen LogP contribution in [-0.2, 0) is 14.3 Å². The van der Waals surface area contributed by atoms with E-state index in [-0.39, 0.29) is 30.2 Å². The largest absolute Gasteiger partial charge is 0.466 e. The van der Waals surface area contributed by atoms with Crippen molar-refractivity contribution < 1.29 is 14.3 Å². The summed E-state index contributed by atoms with van der Waals surface area (Å²) in [6.07, 6.45) is 2.67. The Kier molecular flexibility index (Phi) is 7.07. The summed E-state index contributed by atoms with van der Waals surface area (Å²) in [6, 6.07) is 7.91. The van der Waals surface area contributed by atoms with Crippen molar-refractivity contribution in [2.24, 2.45) is 4.99 Å². The number of carbonyl (C=O) groups excluding carboxylic acids is 2. The van der Waals surface area contributed by atoms with Gasteiger partial charge in [0.15, 0.2) is 0 Å². The summed E-state index contributed by atoms with van der Waals surface area (Å²) in [5, 5.41) is 6.85. The van der Waals surface area contributed by atoms with Gasteiger partial charge in [0, 0.05) is 11.7 Å². The van der Waals surface area contributed by atoms with Gasteiger partial charge >= 0.3 is 5.97 Å². The quantitative estimate of drug-likeness (QED) is 0.539. The third-order valence-corrected chi connectivity index (χ3v) is 5.06. The molecule has 2 atom stereocenters. The number of ether oxygens (including phenoxy) is 1. The van der Waals surface area contributed by atoms with Crippen LogP contribution in [0.3, 0.4) is 0 Å². The standard InChI is InChI=1S/C19H25N5O3S/c1-3-27-19(26)10-13-9-18(21-15-7-5-4-6-14(15)20-13)28-11-17(25)22-16-8-12(2)23-24-16/h4-7,9,12,16,20,23-24H,3,8,10-11H2,1-2H3,(H,22,25). The van der Waals surface area contributed by atoms with Crippen LogP contribution in [-0.4, -0.2) is 41.5 Å². The van der Waals surface area contributed by atoms with Gasteiger partial charge in [-0.25, -0.2) is 10.4 Å². The molecule has 2 aliphatic rings. The summed E-state index contributed by atoms with van der Waals surface area (Å²) in [4.78, 5) is 28.8. The number of para-hydroxylation sites is 2. The number of esters is 1. The molecule has 1 aromatic carbocycles. The summed E-state index contributed by atoms with van der Waals surface area (Å²) in [6.45, 7) is 4.16. The highest BCUT2D eigenvalue weighted by molar-refractivity contribution is 8.14. The number of anilines is 1. The molecule has 0 bridgehead atoms. The minimum atomic E-state index is -0.309. The number of carbonyl (C=O) groups is 2. The number of hydrogen-bond acceptors (Lipinski definition) is 8. The molecule has 28 heavy (non-hydrogen) atoms. The minimum Gasteiger partial charge on any atom is -0.466 e. The Morgan fingerprint density at radius 1 is 1.32 bits per heavy atom. The Morgan fingerprint density at radius 2 is 2.14 bits per heavy atom. The number of rotatable bonds is 6. The van der Waals surface area contributed by atoms with Gasteiger partial charge < -0.3 is 15.4 Å². The third kappa shape index (κ3) is 5.82. The molecular formula is C19H25N5O3S. The zero-order valence-corrected chi connectivity index (χ0v) is 16.8. The van der Waals surface area contributed by atoms with E-state index in [0.717, 1.165) is 17.8 Å². The molecule has 150 valence electrons. The number of hydrazine groups is 1. The molecule has 0 spiro atoms. The molecular weight excluding hydrogens is 378 g/mol. The van der Waals surface area contributed by atoms with Gasteiger partial charge in [0.05, 0.1) is 41.4 Å². The minimum absolute atomic E-state index is 0.0727. The van der Waals surface area contributed by atoms with Gasteiger partial charge in [-0.2, -0.15) is 0 Å². The van der Waals surface area contributed by atoms with E-state index in [9.17, 15) is 9.59 Å². The molecule has 0 radical (unpaired) electrons. The molecule has 9 heteroatoms. The zero-order chi connectivity index (χ0) is 19.9. The summed E-state index contributed by atoms with van der Waals surface area (Å²) in [5.41, 5.74) is 8.38. The van der Waals surface area contributed by atoms with Crippen LogP contribution in [0.2, 0.25) is 0 Å². The fraction of sp³-hybridized carbons (Fsp3) is 0.421. The molecule has 1 amide bonds. The molecule has 8 nitrogen and oxygen atoms in total. The predicted octanol–water partition coefficient (Wildman–Crippen LogP) is 2.04. The molecule has 4 N–H and O–H groups in total. The lowest BCUT2D eigenvalue weighted by atomic mass is 10.2. The van der Waals surface area contributed by atoms with Crippen LogP contribution >= 0.6 is 11.8 Å². The normalized spacial score (nSPS) is 20.9. The second-order valence-electron chi connectivity index (χ2n) is 6.58. The summed E-state index contributed by atoms with van der Waals surface area (Å²) in [7, 11) is 0. The predicted molar refractivity (Wildman–Crippen MR) is 111 cm³/mol. The molecule has 1 fully saturated rings. The molecule has 2 heterocycles. The first-order valence-electron chi connectivity index (χ1n) is 9.27. The number of nitrogens with one attached hydrogen (secondary N) is 4. The van der Waals surface area contributed by atoms with Crippen LogP contribution in [0.4, 0.5) is 11.4 Å². The molecule has 2 unspecified atom stereocenters. The van der Waals surface area contributed by atoms with E-state index in [1.165, 1.54) is 11.8 Å². The van der Waals surface area contributed by atoms with Gasteiger partial charge in [-0.1, -0.05) is 23.9 Å². The van der Waals surface area contributed by atoms with Crippen molar-refractivity contribution in [1.29, 1.82) is 0 Å². The first-order valence-corrected chi connectivity index (χ1v) is 10.3. The molecule has 3 rings (SSSR count). The number of fused-ring (bicyclic) bond motifs is 1. The van der Waals surface area contributed by atoms with Crippen molar-refractivity contribution in [1.82, 2.24) is 16.2 Å². The highest BCUT2D eigenvalue weighted by Crippen LogP contribution is 2.31. The molecule has 1 aromatic rings. The Hall–Kier alpha value is -2.36. The number of amides is 1. The lowest BCUT2D eigenvalue weighted by Gasteiger charge is -2.11. The Bertz CT molecular complexity index is 796. The summed E-state index contributed by atoms with van der Waals surface area (Å²) < 4.78 is 5.05. The average Bonchev–Trinajstić information content (AvgIpc) is 2.96. The van der Waals surface area contributed by atoms with Gasteiger partial charge in [0.2, 0.25) is 5.91 Å². The Labute approximate surface area is 168 Å². The maximum Gasteiger partial charge on any atom is 0.311 e. The van der Waals surface area contributed by atoms with Crippen molar-refractivity contribution in [2.75, 3.05) is 17.7 Å². The van der Waals surface area contributed by atoms with Gasteiger partial charge in [-0.05, 0) is 38.5 Å². The van der Waals surface area contributed by atoms with Crippen LogP contribution in [0.5, 0.6) is 0 Å². The zero-order valence-electron chi connectivity index (χ0n) is 16.0. The SMILES string of the molecule is CCOC(=O)CC1=CC(SCC(=O)NC2CC(C)NN2)=Nc2ccccc2N1. The van der Waals surface area contributed by atoms with Crippen LogP contribution in [0.1, 0.15) is 26.7 Å². The van der Waals surface area contributed by atoms with Crippen molar-refractivity contribution in [3.05, 3.63) is 36.0 Å².